The van der Waals surface area contributed by atoms with Crippen LogP contribution in [0.1, 0.15) is 16.2 Å². The Bertz CT molecular complexity index is 831. The minimum atomic E-state index is -0.246. The molecule has 0 saturated heterocycles. The first-order valence-corrected chi connectivity index (χ1v) is 7.48. The number of nitrogens with one attached hydrogen (secondary N) is 2. The number of benzene rings is 1. The topological polar surface area (TPSA) is 90.9 Å². The Morgan fingerprint density at radius 1 is 1.36 bits per heavy atom. The Hall–Kier alpha value is -2.25. The summed E-state index contributed by atoms with van der Waals surface area (Å²) in [6.45, 7) is -0.0145. The van der Waals surface area contributed by atoms with Crippen LogP contribution in [0.3, 0.4) is 0 Å². The standard InChI is InChI=1S/C15H13BrN4O2/c16-9-2-1-3-10(8-9)18-15(22)11-4-6-17-14-13(11)19-12(20-14)5-7-21/h1-4,6,8,21H,5,7H2,(H,18,22)(H,17,19,20). The lowest BCUT2D eigenvalue weighted by Crippen LogP contribution is -2.12. The van der Waals surface area contributed by atoms with Crippen LogP contribution in [0, 0.1) is 0 Å². The molecule has 0 bridgehead atoms. The number of aromatic amines is 1. The number of aromatic nitrogens is 3. The van der Waals surface area contributed by atoms with Gasteiger partial charge in [-0.15, -0.1) is 0 Å². The predicted octanol–water partition coefficient (Wildman–Crippen LogP) is 2.51. The molecule has 3 aromatic rings. The highest BCUT2D eigenvalue weighted by molar-refractivity contribution is 9.10. The molecule has 2 aromatic heterocycles. The second-order valence-electron chi connectivity index (χ2n) is 4.68. The Morgan fingerprint density at radius 2 is 2.23 bits per heavy atom. The van der Waals surface area contributed by atoms with E-state index >= 15 is 0 Å². The predicted molar refractivity (Wildman–Crippen MR) is 86.8 cm³/mol. The van der Waals surface area contributed by atoms with E-state index in [1.807, 2.05) is 24.3 Å². The molecule has 1 amide bonds. The molecule has 0 aliphatic carbocycles. The van der Waals surface area contributed by atoms with Crippen molar-refractivity contribution in [2.24, 2.45) is 0 Å². The number of fused-ring (bicyclic) bond motifs is 1. The number of imidazole rings is 1. The fraction of sp³-hybridized carbons (Fsp3) is 0.133. The summed E-state index contributed by atoms with van der Waals surface area (Å²) in [5, 5.41) is 11.8. The number of pyridine rings is 1. The highest BCUT2D eigenvalue weighted by atomic mass is 79.9. The van der Waals surface area contributed by atoms with Gasteiger partial charge in [0.1, 0.15) is 5.82 Å². The molecular formula is C15H13BrN4O2. The zero-order valence-electron chi connectivity index (χ0n) is 11.5. The normalized spacial score (nSPS) is 10.8. The number of amides is 1. The van der Waals surface area contributed by atoms with E-state index in [0.717, 1.165) is 4.47 Å². The van der Waals surface area contributed by atoms with Gasteiger partial charge in [-0.1, -0.05) is 22.0 Å². The average Bonchev–Trinajstić information content (AvgIpc) is 2.89. The number of carbonyl (C=O) groups is 1. The van der Waals surface area contributed by atoms with E-state index in [-0.39, 0.29) is 12.5 Å². The van der Waals surface area contributed by atoms with E-state index in [9.17, 15) is 4.79 Å². The molecule has 0 aliphatic rings. The molecule has 0 unspecified atom stereocenters. The third-order valence-corrected chi connectivity index (χ3v) is 3.61. The number of hydrogen-bond acceptors (Lipinski definition) is 4. The summed E-state index contributed by atoms with van der Waals surface area (Å²) in [4.78, 5) is 23.9. The number of nitrogens with zero attached hydrogens (tertiary/aromatic N) is 2. The van der Waals surface area contributed by atoms with Crippen molar-refractivity contribution in [1.29, 1.82) is 0 Å². The molecule has 7 heteroatoms. The van der Waals surface area contributed by atoms with Crippen LogP contribution in [-0.2, 0) is 6.42 Å². The summed E-state index contributed by atoms with van der Waals surface area (Å²) in [5.74, 6) is 0.359. The molecule has 0 radical (unpaired) electrons. The van der Waals surface area contributed by atoms with E-state index < -0.39 is 0 Å². The van der Waals surface area contributed by atoms with Crippen LogP contribution >= 0.6 is 15.9 Å². The lowest BCUT2D eigenvalue weighted by molar-refractivity contribution is 0.102. The van der Waals surface area contributed by atoms with Crippen LogP contribution < -0.4 is 5.32 Å². The summed E-state index contributed by atoms with van der Waals surface area (Å²) in [5.41, 5.74) is 2.19. The maximum absolute atomic E-state index is 12.5. The SMILES string of the molecule is O=C(Nc1cccc(Br)c1)c1ccnc2nc(CCO)[nH]c12. The minimum absolute atomic E-state index is 0.0145. The molecule has 0 aliphatic heterocycles. The first-order valence-electron chi connectivity index (χ1n) is 6.69. The second kappa shape index (κ2) is 6.25. The molecule has 3 rings (SSSR count). The van der Waals surface area contributed by atoms with Crippen LogP contribution in [0.5, 0.6) is 0 Å². The van der Waals surface area contributed by atoms with Crippen molar-refractivity contribution in [3.63, 3.8) is 0 Å². The van der Waals surface area contributed by atoms with Crippen LogP contribution in [-0.4, -0.2) is 32.6 Å². The number of halogens is 1. The summed E-state index contributed by atoms with van der Waals surface area (Å²) in [7, 11) is 0. The number of carbonyl (C=O) groups excluding carboxylic acids is 1. The minimum Gasteiger partial charge on any atom is -0.396 e. The van der Waals surface area contributed by atoms with Gasteiger partial charge in [0.05, 0.1) is 17.7 Å². The smallest absolute Gasteiger partial charge is 0.257 e. The molecular weight excluding hydrogens is 348 g/mol. The number of rotatable bonds is 4. The number of H-pyrrole nitrogens is 1. The zero-order valence-corrected chi connectivity index (χ0v) is 13.1. The van der Waals surface area contributed by atoms with Crippen molar-refractivity contribution < 1.29 is 9.90 Å². The Morgan fingerprint density at radius 3 is 3.00 bits per heavy atom. The van der Waals surface area contributed by atoms with Gasteiger partial charge < -0.3 is 15.4 Å². The monoisotopic (exact) mass is 360 g/mol. The molecule has 0 fully saturated rings. The van der Waals surface area contributed by atoms with Gasteiger partial charge >= 0.3 is 0 Å². The zero-order chi connectivity index (χ0) is 15.5. The quantitative estimate of drug-likeness (QED) is 0.666. The molecule has 112 valence electrons. The molecule has 2 heterocycles. The lowest BCUT2D eigenvalue weighted by Gasteiger charge is -2.06. The molecule has 0 saturated carbocycles. The summed E-state index contributed by atoms with van der Waals surface area (Å²) in [6.07, 6.45) is 1.94. The van der Waals surface area contributed by atoms with Gasteiger partial charge in [0.25, 0.3) is 5.91 Å². The van der Waals surface area contributed by atoms with Gasteiger partial charge in [0.15, 0.2) is 5.65 Å². The highest BCUT2D eigenvalue weighted by Gasteiger charge is 2.14. The molecule has 6 nitrogen and oxygen atoms in total. The third kappa shape index (κ3) is 3.00. The van der Waals surface area contributed by atoms with Gasteiger partial charge in [-0.2, -0.15) is 0 Å². The van der Waals surface area contributed by atoms with Crippen LogP contribution in [0.4, 0.5) is 5.69 Å². The van der Waals surface area contributed by atoms with Crippen molar-refractivity contribution in [2.45, 2.75) is 6.42 Å². The summed E-state index contributed by atoms with van der Waals surface area (Å²) in [6, 6.07) is 9.00. The molecule has 3 N–H and O–H groups in total. The maximum atomic E-state index is 12.5. The number of anilines is 1. The van der Waals surface area contributed by atoms with Crippen molar-refractivity contribution in [2.75, 3.05) is 11.9 Å². The van der Waals surface area contributed by atoms with Crippen LogP contribution in [0.2, 0.25) is 0 Å². The summed E-state index contributed by atoms with van der Waals surface area (Å²) >= 11 is 3.37. The number of aliphatic hydroxyl groups excluding tert-OH is 1. The first-order chi connectivity index (χ1) is 10.7. The second-order valence-corrected chi connectivity index (χ2v) is 5.59. The van der Waals surface area contributed by atoms with Gasteiger partial charge in [-0.3, -0.25) is 4.79 Å². The van der Waals surface area contributed by atoms with E-state index in [4.69, 9.17) is 5.11 Å². The number of aliphatic hydroxyl groups is 1. The van der Waals surface area contributed by atoms with Crippen molar-refractivity contribution in [3.05, 3.63) is 52.4 Å². The fourth-order valence-electron chi connectivity index (χ4n) is 2.14. The van der Waals surface area contributed by atoms with Crippen molar-refractivity contribution in [1.82, 2.24) is 15.0 Å². The van der Waals surface area contributed by atoms with E-state index in [1.165, 1.54) is 0 Å². The van der Waals surface area contributed by atoms with Crippen LogP contribution in [0.25, 0.3) is 11.2 Å². The fourth-order valence-corrected chi connectivity index (χ4v) is 2.54. The van der Waals surface area contributed by atoms with Crippen molar-refractivity contribution in [3.8, 4) is 0 Å². The molecule has 1 aromatic carbocycles. The Kier molecular flexibility index (Phi) is 4.17. The Labute approximate surface area is 134 Å². The van der Waals surface area contributed by atoms with E-state index in [0.29, 0.717) is 34.7 Å². The largest absolute Gasteiger partial charge is 0.396 e. The average molecular weight is 361 g/mol. The van der Waals surface area contributed by atoms with Gasteiger partial charge in [0, 0.05) is 22.8 Å². The number of hydrogen-bond donors (Lipinski definition) is 3. The van der Waals surface area contributed by atoms with Gasteiger partial charge in [-0.05, 0) is 24.3 Å². The molecule has 0 spiro atoms. The molecule has 22 heavy (non-hydrogen) atoms. The highest BCUT2D eigenvalue weighted by Crippen LogP contribution is 2.19. The lowest BCUT2D eigenvalue weighted by atomic mass is 10.2. The van der Waals surface area contributed by atoms with Gasteiger partial charge in [-0.25, -0.2) is 9.97 Å². The molecule has 0 atom stereocenters. The van der Waals surface area contributed by atoms with Crippen molar-refractivity contribution >= 4 is 38.7 Å². The summed E-state index contributed by atoms with van der Waals surface area (Å²) < 4.78 is 0.886. The first kappa shape index (κ1) is 14.7. The third-order valence-electron chi connectivity index (χ3n) is 3.12. The van der Waals surface area contributed by atoms with E-state index in [2.05, 4.69) is 36.2 Å². The van der Waals surface area contributed by atoms with E-state index in [1.54, 1.807) is 12.3 Å². The van der Waals surface area contributed by atoms with Crippen LogP contribution in [0.15, 0.2) is 41.0 Å². The Balaban J connectivity index is 1.93. The maximum Gasteiger partial charge on any atom is 0.257 e. The van der Waals surface area contributed by atoms with Gasteiger partial charge in [0.2, 0.25) is 0 Å².